The van der Waals surface area contributed by atoms with Crippen LogP contribution in [0.3, 0.4) is 0 Å². The summed E-state index contributed by atoms with van der Waals surface area (Å²) in [6.45, 7) is 3.56. The predicted octanol–water partition coefficient (Wildman–Crippen LogP) is 1.45. The van der Waals surface area contributed by atoms with Crippen molar-refractivity contribution >= 4 is 74.5 Å². The van der Waals surface area contributed by atoms with Gasteiger partial charge >= 0.3 is 5.97 Å². The number of amides is 2. The lowest BCUT2D eigenvalue weighted by Crippen LogP contribution is -2.71. The zero-order chi connectivity index (χ0) is 28.6. The van der Waals surface area contributed by atoms with Crippen LogP contribution in [-0.2, 0) is 19.2 Å². The number of benzene rings is 1. The minimum Gasteiger partial charge on any atom is -0.504 e. The lowest BCUT2D eigenvalue weighted by atomic mass is 10.0. The maximum absolute atomic E-state index is 13.1. The minimum atomic E-state index is -1.27. The van der Waals surface area contributed by atoms with Crippen LogP contribution in [0.15, 0.2) is 51.8 Å². The number of nitrogens with two attached hydrogens (primary N) is 1. The van der Waals surface area contributed by atoms with Gasteiger partial charge in [-0.1, -0.05) is 29.6 Å². The third-order valence-corrected chi connectivity index (χ3v) is 8.78. The number of phenolic OH excluding ortho intramolecular Hbond substituents is 2. The number of hydrogen-bond donors (Lipinski definition) is 6. The summed E-state index contributed by atoms with van der Waals surface area (Å²) in [5, 5.41) is 37.3. The highest BCUT2D eigenvalue weighted by atomic mass is 32.2. The van der Waals surface area contributed by atoms with Crippen molar-refractivity contribution in [3.63, 3.8) is 0 Å². The van der Waals surface area contributed by atoms with E-state index in [0.717, 1.165) is 16.2 Å². The molecule has 0 aliphatic carbocycles. The number of imidazole rings is 1. The Balaban J connectivity index is 1.31. The maximum atomic E-state index is 13.1. The van der Waals surface area contributed by atoms with Crippen LogP contribution >= 0.6 is 34.9 Å². The molecule has 7 N–H and O–H groups in total. The van der Waals surface area contributed by atoms with Gasteiger partial charge in [-0.2, -0.15) is 0 Å². The molecule has 2 aromatic heterocycles. The average Bonchev–Trinajstić information content (AvgIpc) is 3.53. The molecule has 0 radical (unpaired) electrons. The smallest absolute Gasteiger partial charge is 0.352 e. The van der Waals surface area contributed by atoms with E-state index in [0.29, 0.717) is 27.5 Å². The number of β-lactam (4-membered cyclic amide) rings is 1. The number of aromatic hydroxyl groups is 2. The molecule has 5 rings (SSSR count). The summed E-state index contributed by atoms with van der Waals surface area (Å²) >= 11 is 3.63. The summed E-state index contributed by atoms with van der Waals surface area (Å²) < 4.78 is 0. The molecule has 208 valence electrons. The van der Waals surface area contributed by atoms with Gasteiger partial charge in [0.1, 0.15) is 29.4 Å². The summed E-state index contributed by atoms with van der Waals surface area (Å²) in [6, 6.07) is 1.66. The number of nitrogen functional groups attached to an aromatic ring is 1. The number of aromatic nitrogens is 3. The SMILES string of the molecule is C=CCO/N=C(\C(=O)N[C@@H]1C(=O)N2C(C(=O)O)=C(CSc3nc4cc(O)c(O)cc4[nH]3)CS[C@H]12)c1csc(N)n1. The molecule has 2 aliphatic rings. The van der Waals surface area contributed by atoms with E-state index < -0.39 is 29.2 Å². The van der Waals surface area contributed by atoms with Crippen molar-refractivity contribution in [1.29, 1.82) is 0 Å². The van der Waals surface area contributed by atoms with Crippen molar-refractivity contribution in [1.82, 2.24) is 25.2 Å². The molecule has 40 heavy (non-hydrogen) atoms. The lowest BCUT2D eigenvalue weighted by Gasteiger charge is -2.49. The first kappa shape index (κ1) is 27.4. The van der Waals surface area contributed by atoms with Gasteiger partial charge in [0.2, 0.25) is 0 Å². The second-order valence-electron chi connectivity index (χ2n) is 8.40. The first-order valence-corrected chi connectivity index (χ1v) is 14.4. The Bertz CT molecular complexity index is 1560. The largest absolute Gasteiger partial charge is 0.504 e. The van der Waals surface area contributed by atoms with Gasteiger partial charge in [0.05, 0.1) is 11.0 Å². The summed E-state index contributed by atoms with van der Waals surface area (Å²) in [5.41, 5.74) is 6.96. The standard InChI is InChI=1S/C23H21N7O7S3/c1-2-3-37-29-15(12-8-39-22(24)25-12)18(33)28-16-19(34)30-17(21(35)36)9(6-38-20(16)30)7-40-23-26-10-4-13(31)14(32)5-11(10)27-23/h2,4-5,8,16,20,31-32H,1,3,6-7H2,(H2,24,25)(H,26,27)(H,28,33)(H,35,36)/b29-15-/t16-,20-/m1/s1. The molecule has 1 aromatic carbocycles. The number of aliphatic carboxylic acids is 1. The molecule has 4 heterocycles. The molecule has 3 aromatic rings. The summed E-state index contributed by atoms with van der Waals surface area (Å²) in [4.78, 5) is 56.0. The van der Waals surface area contributed by atoms with Crippen molar-refractivity contribution in [3.8, 4) is 11.5 Å². The third kappa shape index (κ3) is 5.17. The normalized spacial score (nSPS) is 18.9. The Kier molecular flexibility index (Phi) is 7.59. The number of fused-ring (bicyclic) bond motifs is 2. The molecule has 2 atom stereocenters. The number of anilines is 1. The van der Waals surface area contributed by atoms with Crippen LogP contribution < -0.4 is 11.1 Å². The Labute approximate surface area is 238 Å². The number of nitrogens with zero attached hydrogens (tertiary/aromatic N) is 4. The van der Waals surface area contributed by atoms with Gasteiger partial charge in [0.15, 0.2) is 27.5 Å². The lowest BCUT2D eigenvalue weighted by molar-refractivity contribution is -0.150. The van der Waals surface area contributed by atoms with Crippen LogP contribution in [-0.4, -0.2) is 88.2 Å². The van der Waals surface area contributed by atoms with Crippen molar-refractivity contribution in [2.24, 2.45) is 5.16 Å². The number of aromatic amines is 1. The van der Waals surface area contributed by atoms with Gasteiger partial charge in [-0.15, -0.1) is 23.1 Å². The van der Waals surface area contributed by atoms with E-state index in [1.54, 1.807) is 0 Å². The number of nitrogens with one attached hydrogen (secondary N) is 2. The number of carbonyl (C=O) groups excluding carboxylic acids is 2. The van der Waals surface area contributed by atoms with Gasteiger partial charge in [-0.25, -0.2) is 14.8 Å². The number of rotatable bonds is 10. The van der Waals surface area contributed by atoms with E-state index in [9.17, 15) is 29.7 Å². The summed E-state index contributed by atoms with van der Waals surface area (Å²) in [5.74, 6) is -2.67. The van der Waals surface area contributed by atoms with E-state index in [1.807, 2.05) is 0 Å². The van der Waals surface area contributed by atoms with Crippen molar-refractivity contribution in [2.45, 2.75) is 16.6 Å². The molecule has 17 heteroatoms. The quantitative estimate of drug-likeness (QED) is 0.0369. The van der Waals surface area contributed by atoms with Gasteiger partial charge in [0, 0.05) is 29.0 Å². The topological polar surface area (TPSA) is 216 Å². The number of phenols is 2. The molecule has 14 nitrogen and oxygen atoms in total. The number of carboxylic acids is 1. The van der Waals surface area contributed by atoms with Crippen LogP contribution in [0.1, 0.15) is 5.69 Å². The van der Waals surface area contributed by atoms with E-state index >= 15 is 0 Å². The Morgan fingerprint density at radius 1 is 1.35 bits per heavy atom. The molecular weight excluding hydrogens is 582 g/mol. The fourth-order valence-electron chi connectivity index (χ4n) is 3.99. The minimum absolute atomic E-state index is 0.0392. The fraction of sp³-hybridized carbons (Fsp3) is 0.217. The Morgan fingerprint density at radius 3 is 2.83 bits per heavy atom. The fourth-order valence-corrected chi connectivity index (χ4v) is 6.91. The van der Waals surface area contributed by atoms with Crippen LogP contribution in [0.5, 0.6) is 11.5 Å². The van der Waals surface area contributed by atoms with E-state index in [-0.39, 0.29) is 46.1 Å². The molecule has 2 aliphatic heterocycles. The summed E-state index contributed by atoms with van der Waals surface area (Å²) in [7, 11) is 0. The van der Waals surface area contributed by atoms with Crippen LogP contribution in [0.2, 0.25) is 0 Å². The predicted molar refractivity (Wildman–Crippen MR) is 149 cm³/mol. The van der Waals surface area contributed by atoms with Crippen LogP contribution in [0.4, 0.5) is 5.13 Å². The van der Waals surface area contributed by atoms with E-state index in [4.69, 9.17) is 10.6 Å². The monoisotopic (exact) mass is 603 g/mol. The molecular formula is C23H21N7O7S3. The number of hydrogen-bond acceptors (Lipinski definition) is 13. The molecule has 1 fully saturated rings. The zero-order valence-corrected chi connectivity index (χ0v) is 22.8. The first-order valence-electron chi connectivity index (χ1n) is 11.5. The number of thioether (sulfide) groups is 2. The maximum Gasteiger partial charge on any atom is 0.352 e. The zero-order valence-electron chi connectivity index (χ0n) is 20.4. The Morgan fingerprint density at radius 2 is 2.12 bits per heavy atom. The average molecular weight is 604 g/mol. The van der Waals surface area contributed by atoms with Gasteiger partial charge in [-0.3, -0.25) is 14.5 Å². The van der Waals surface area contributed by atoms with Crippen molar-refractivity contribution in [3.05, 3.63) is 47.1 Å². The van der Waals surface area contributed by atoms with Crippen molar-refractivity contribution < 1.29 is 34.5 Å². The summed E-state index contributed by atoms with van der Waals surface area (Å²) in [6.07, 6.45) is 1.44. The first-order chi connectivity index (χ1) is 19.2. The highest BCUT2D eigenvalue weighted by molar-refractivity contribution is 8.01. The van der Waals surface area contributed by atoms with Gasteiger partial charge in [0.25, 0.3) is 11.8 Å². The van der Waals surface area contributed by atoms with E-state index in [2.05, 4.69) is 32.0 Å². The number of thiazole rings is 1. The molecule has 0 saturated carbocycles. The van der Waals surface area contributed by atoms with Gasteiger partial charge < -0.3 is 36.2 Å². The second-order valence-corrected chi connectivity index (χ2v) is 11.4. The number of oxime groups is 1. The highest BCUT2D eigenvalue weighted by Crippen LogP contribution is 2.41. The number of H-pyrrole nitrogens is 1. The number of carboxylic acid groups (broad SMARTS) is 1. The molecule has 2 amide bonds. The molecule has 0 unspecified atom stereocenters. The highest BCUT2D eigenvalue weighted by Gasteiger charge is 2.54. The molecule has 0 bridgehead atoms. The molecule has 0 spiro atoms. The van der Waals surface area contributed by atoms with Crippen LogP contribution in [0.25, 0.3) is 11.0 Å². The third-order valence-electron chi connectivity index (χ3n) is 5.80. The number of carbonyl (C=O) groups is 3. The second kappa shape index (κ2) is 11.1. The van der Waals surface area contributed by atoms with E-state index in [1.165, 1.54) is 47.1 Å². The van der Waals surface area contributed by atoms with Crippen molar-refractivity contribution in [2.75, 3.05) is 23.8 Å². The van der Waals surface area contributed by atoms with Crippen LogP contribution in [0, 0.1) is 0 Å². The van der Waals surface area contributed by atoms with Gasteiger partial charge in [-0.05, 0) is 5.57 Å². The Hall–Kier alpha value is -4.22. The molecule has 1 saturated heterocycles.